The molecular formula is C21H32N2O4. The maximum atomic E-state index is 12.5. The van der Waals surface area contributed by atoms with Gasteiger partial charge in [-0.1, -0.05) is 19.9 Å². The van der Waals surface area contributed by atoms with E-state index in [0.717, 1.165) is 31.2 Å². The number of ether oxygens (including phenoxy) is 2. The van der Waals surface area contributed by atoms with E-state index in [0.29, 0.717) is 31.1 Å². The van der Waals surface area contributed by atoms with E-state index in [1.54, 1.807) is 14.2 Å². The Labute approximate surface area is 162 Å². The van der Waals surface area contributed by atoms with Gasteiger partial charge in [-0.3, -0.25) is 9.59 Å². The predicted molar refractivity (Wildman–Crippen MR) is 105 cm³/mol. The molecule has 6 heteroatoms. The van der Waals surface area contributed by atoms with Crippen molar-refractivity contribution in [2.45, 2.75) is 46.1 Å². The summed E-state index contributed by atoms with van der Waals surface area (Å²) in [7, 11) is 3.19. The number of hydrogen-bond acceptors (Lipinski definition) is 4. The highest BCUT2D eigenvalue weighted by atomic mass is 16.5. The Bertz CT molecular complexity index is 635. The summed E-state index contributed by atoms with van der Waals surface area (Å²) in [6, 6.07) is 5.62. The second-order valence-corrected chi connectivity index (χ2v) is 7.02. The van der Waals surface area contributed by atoms with Gasteiger partial charge in [0.05, 0.1) is 14.2 Å². The molecule has 1 N–H and O–H groups in total. The maximum Gasteiger partial charge on any atom is 0.225 e. The van der Waals surface area contributed by atoms with Crippen LogP contribution in [0.2, 0.25) is 0 Å². The molecule has 2 amide bonds. The normalized spacial score (nSPS) is 14.9. The number of rotatable bonds is 8. The second-order valence-electron chi connectivity index (χ2n) is 7.02. The van der Waals surface area contributed by atoms with Crippen molar-refractivity contribution >= 4 is 11.8 Å². The predicted octanol–water partition coefficient (Wildman–Crippen LogP) is 2.99. The molecule has 1 fully saturated rings. The lowest BCUT2D eigenvalue weighted by Gasteiger charge is -2.33. The fraction of sp³-hybridized carbons (Fsp3) is 0.619. The molecule has 6 nitrogen and oxygen atoms in total. The van der Waals surface area contributed by atoms with Gasteiger partial charge in [0.25, 0.3) is 0 Å². The van der Waals surface area contributed by atoms with Crippen LogP contribution in [0.15, 0.2) is 18.2 Å². The van der Waals surface area contributed by atoms with E-state index >= 15 is 0 Å². The fourth-order valence-electron chi connectivity index (χ4n) is 3.58. The minimum absolute atomic E-state index is 0.0316. The first-order chi connectivity index (χ1) is 13.0. The SMILES string of the molecule is CCC(CC)C(=O)N1CCC(C(=O)NCc2ccc(OC)c(OC)c2)CC1. The van der Waals surface area contributed by atoms with Crippen LogP contribution in [0.25, 0.3) is 0 Å². The third-order valence-electron chi connectivity index (χ3n) is 5.43. The molecule has 0 atom stereocenters. The summed E-state index contributed by atoms with van der Waals surface area (Å²) >= 11 is 0. The largest absolute Gasteiger partial charge is 0.493 e. The number of amides is 2. The second kappa shape index (κ2) is 10.2. The summed E-state index contributed by atoms with van der Waals surface area (Å²) < 4.78 is 10.5. The highest BCUT2D eigenvalue weighted by Crippen LogP contribution is 2.27. The Hall–Kier alpha value is -2.24. The number of methoxy groups -OCH3 is 2. The van der Waals surface area contributed by atoms with Crippen LogP contribution in [0.1, 0.15) is 45.1 Å². The summed E-state index contributed by atoms with van der Waals surface area (Å²) in [4.78, 5) is 26.9. The van der Waals surface area contributed by atoms with Crippen molar-refractivity contribution in [1.82, 2.24) is 10.2 Å². The minimum atomic E-state index is -0.0316. The van der Waals surface area contributed by atoms with Crippen LogP contribution in [0.3, 0.4) is 0 Å². The lowest BCUT2D eigenvalue weighted by molar-refractivity contribution is -0.139. The van der Waals surface area contributed by atoms with Crippen molar-refractivity contribution in [3.8, 4) is 11.5 Å². The summed E-state index contributed by atoms with van der Waals surface area (Å²) in [5.74, 6) is 1.69. The highest BCUT2D eigenvalue weighted by Gasteiger charge is 2.29. The molecule has 0 aliphatic carbocycles. The molecule has 1 heterocycles. The molecule has 1 aliphatic heterocycles. The minimum Gasteiger partial charge on any atom is -0.493 e. The smallest absolute Gasteiger partial charge is 0.225 e. The molecule has 0 unspecified atom stereocenters. The van der Waals surface area contributed by atoms with Gasteiger partial charge in [-0.25, -0.2) is 0 Å². The number of likely N-dealkylation sites (tertiary alicyclic amines) is 1. The quantitative estimate of drug-likeness (QED) is 0.757. The van der Waals surface area contributed by atoms with Gasteiger partial charge in [-0.05, 0) is 43.4 Å². The Kier molecular flexibility index (Phi) is 7.95. The lowest BCUT2D eigenvalue weighted by Crippen LogP contribution is -2.44. The van der Waals surface area contributed by atoms with Gasteiger partial charge >= 0.3 is 0 Å². The molecule has 1 aromatic rings. The highest BCUT2D eigenvalue weighted by molar-refractivity contribution is 5.81. The first-order valence-electron chi connectivity index (χ1n) is 9.81. The third-order valence-corrected chi connectivity index (χ3v) is 5.43. The molecular weight excluding hydrogens is 344 g/mol. The standard InChI is InChI=1S/C21H32N2O4/c1-5-16(6-2)21(25)23-11-9-17(10-12-23)20(24)22-14-15-7-8-18(26-3)19(13-15)27-4/h7-8,13,16-17H,5-6,9-12,14H2,1-4H3,(H,22,24). The maximum absolute atomic E-state index is 12.5. The van der Waals surface area contributed by atoms with Gasteiger partial charge in [-0.15, -0.1) is 0 Å². The number of carbonyl (C=O) groups is 2. The van der Waals surface area contributed by atoms with Crippen molar-refractivity contribution in [1.29, 1.82) is 0 Å². The number of carbonyl (C=O) groups excluding carboxylic acids is 2. The summed E-state index contributed by atoms with van der Waals surface area (Å²) in [6.07, 6.45) is 3.20. The monoisotopic (exact) mass is 376 g/mol. The Morgan fingerprint density at radius 3 is 2.30 bits per heavy atom. The van der Waals surface area contributed by atoms with E-state index in [2.05, 4.69) is 19.2 Å². The number of benzene rings is 1. The third kappa shape index (κ3) is 5.37. The lowest BCUT2D eigenvalue weighted by atomic mass is 9.93. The molecule has 1 aromatic carbocycles. The topological polar surface area (TPSA) is 67.9 Å². The average molecular weight is 376 g/mol. The van der Waals surface area contributed by atoms with Gasteiger partial charge in [-0.2, -0.15) is 0 Å². The van der Waals surface area contributed by atoms with Crippen molar-refractivity contribution in [3.05, 3.63) is 23.8 Å². The van der Waals surface area contributed by atoms with Gasteiger partial charge in [0.15, 0.2) is 11.5 Å². The number of hydrogen-bond donors (Lipinski definition) is 1. The van der Waals surface area contributed by atoms with E-state index in [1.807, 2.05) is 23.1 Å². The van der Waals surface area contributed by atoms with Crippen LogP contribution in [0, 0.1) is 11.8 Å². The van der Waals surface area contributed by atoms with Crippen LogP contribution in [0.5, 0.6) is 11.5 Å². The fourth-order valence-corrected chi connectivity index (χ4v) is 3.58. The van der Waals surface area contributed by atoms with Crippen LogP contribution >= 0.6 is 0 Å². The van der Waals surface area contributed by atoms with Crippen LogP contribution in [-0.2, 0) is 16.1 Å². The van der Waals surface area contributed by atoms with Crippen molar-refractivity contribution in [3.63, 3.8) is 0 Å². The number of piperidine rings is 1. The van der Waals surface area contributed by atoms with Crippen molar-refractivity contribution in [2.75, 3.05) is 27.3 Å². The van der Waals surface area contributed by atoms with Crippen LogP contribution < -0.4 is 14.8 Å². The van der Waals surface area contributed by atoms with E-state index < -0.39 is 0 Å². The summed E-state index contributed by atoms with van der Waals surface area (Å²) in [5, 5.41) is 3.01. The molecule has 0 bridgehead atoms. The molecule has 0 radical (unpaired) electrons. The molecule has 0 saturated carbocycles. The zero-order valence-corrected chi connectivity index (χ0v) is 16.9. The molecule has 0 aromatic heterocycles. The molecule has 1 saturated heterocycles. The van der Waals surface area contributed by atoms with E-state index in [1.165, 1.54) is 0 Å². The Morgan fingerprint density at radius 2 is 1.74 bits per heavy atom. The molecule has 2 rings (SSSR count). The first kappa shape index (κ1) is 21.1. The van der Waals surface area contributed by atoms with Gasteiger partial charge in [0.1, 0.15) is 0 Å². The number of nitrogens with one attached hydrogen (secondary N) is 1. The number of nitrogens with zero attached hydrogens (tertiary/aromatic N) is 1. The zero-order valence-electron chi connectivity index (χ0n) is 16.9. The van der Waals surface area contributed by atoms with Gasteiger partial charge in [0, 0.05) is 31.5 Å². The molecule has 27 heavy (non-hydrogen) atoms. The zero-order chi connectivity index (χ0) is 19.8. The van der Waals surface area contributed by atoms with E-state index in [-0.39, 0.29) is 23.7 Å². The van der Waals surface area contributed by atoms with Crippen LogP contribution in [-0.4, -0.2) is 44.0 Å². The van der Waals surface area contributed by atoms with E-state index in [4.69, 9.17) is 9.47 Å². The van der Waals surface area contributed by atoms with Gasteiger partial charge < -0.3 is 19.7 Å². The molecule has 0 spiro atoms. The molecule has 150 valence electrons. The summed E-state index contributed by atoms with van der Waals surface area (Å²) in [6.45, 7) is 5.90. The van der Waals surface area contributed by atoms with Crippen molar-refractivity contribution < 1.29 is 19.1 Å². The van der Waals surface area contributed by atoms with Crippen molar-refractivity contribution in [2.24, 2.45) is 11.8 Å². The van der Waals surface area contributed by atoms with E-state index in [9.17, 15) is 9.59 Å². The first-order valence-corrected chi connectivity index (χ1v) is 9.81. The Balaban J connectivity index is 1.83. The average Bonchev–Trinajstić information content (AvgIpc) is 2.72. The Morgan fingerprint density at radius 1 is 1.11 bits per heavy atom. The van der Waals surface area contributed by atoms with Gasteiger partial charge in [0.2, 0.25) is 11.8 Å². The van der Waals surface area contributed by atoms with Crippen LogP contribution in [0.4, 0.5) is 0 Å². The molecule has 1 aliphatic rings. The summed E-state index contributed by atoms with van der Waals surface area (Å²) in [5.41, 5.74) is 0.961.